The molecule has 1 aromatic carbocycles. The predicted molar refractivity (Wildman–Crippen MR) is 63.3 cm³/mol. The highest BCUT2D eigenvalue weighted by molar-refractivity contribution is 5.93. The molecule has 0 aliphatic carbocycles. The van der Waals surface area contributed by atoms with Crippen LogP contribution in [0.5, 0.6) is 0 Å². The van der Waals surface area contributed by atoms with Gasteiger partial charge >= 0.3 is 5.97 Å². The second-order valence-electron chi connectivity index (χ2n) is 4.10. The summed E-state index contributed by atoms with van der Waals surface area (Å²) >= 11 is 0. The molecule has 4 heteroatoms. The first-order chi connectivity index (χ1) is 8.22. The van der Waals surface area contributed by atoms with Crippen LogP contribution in [0, 0.1) is 0 Å². The minimum atomic E-state index is -0.458. The molecule has 2 heterocycles. The van der Waals surface area contributed by atoms with Gasteiger partial charge in [-0.15, -0.1) is 0 Å². The van der Waals surface area contributed by atoms with Gasteiger partial charge < -0.3 is 9.30 Å². The Kier molecular flexibility index (Phi) is 2.04. The summed E-state index contributed by atoms with van der Waals surface area (Å²) in [7, 11) is 1.32. The van der Waals surface area contributed by atoms with Gasteiger partial charge in [0.1, 0.15) is 5.69 Å². The van der Waals surface area contributed by atoms with Crippen LogP contribution in [0.15, 0.2) is 29.1 Å². The summed E-state index contributed by atoms with van der Waals surface area (Å²) in [6.45, 7) is 0.723. The molecule has 1 aliphatic heterocycles. The maximum absolute atomic E-state index is 11.9. The Morgan fingerprint density at radius 1 is 1.41 bits per heavy atom. The van der Waals surface area contributed by atoms with E-state index in [2.05, 4.69) is 0 Å². The highest BCUT2D eigenvalue weighted by Crippen LogP contribution is 2.25. The van der Waals surface area contributed by atoms with Gasteiger partial charge in [0.05, 0.1) is 12.6 Å². The fraction of sp³-hybridized carbons (Fsp3) is 0.231. The van der Waals surface area contributed by atoms with Gasteiger partial charge in [0.15, 0.2) is 5.43 Å². The van der Waals surface area contributed by atoms with Gasteiger partial charge in [-0.3, -0.25) is 4.79 Å². The zero-order valence-corrected chi connectivity index (χ0v) is 9.40. The van der Waals surface area contributed by atoms with Crippen LogP contribution in [0.2, 0.25) is 0 Å². The van der Waals surface area contributed by atoms with Crippen molar-refractivity contribution in [3.8, 4) is 0 Å². The summed E-state index contributed by atoms with van der Waals surface area (Å²) in [5.41, 5.74) is 2.21. The van der Waals surface area contributed by atoms with E-state index in [-0.39, 0.29) is 5.43 Å². The summed E-state index contributed by atoms with van der Waals surface area (Å²) in [6.07, 6.45) is 0.852. The summed E-state index contributed by atoms with van der Waals surface area (Å²) in [6, 6.07) is 7.03. The molecule has 0 spiro atoms. The van der Waals surface area contributed by atoms with Crippen molar-refractivity contribution in [3.63, 3.8) is 0 Å². The van der Waals surface area contributed by atoms with Gasteiger partial charge in [0.25, 0.3) is 0 Å². The van der Waals surface area contributed by atoms with E-state index in [0.717, 1.165) is 24.0 Å². The lowest BCUT2D eigenvalue weighted by molar-refractivity contribution is 0.0588. The van der Waals surface area contributed by atoms with E-state index >= 15 is 0 Å². The molecule has 3 rings (SSSR count). The monoisotopic (exact) mass is 229 g/mol. The van der Waals surface area contributed by atoms with Crippen LogP contribution in [0.4, 0.5) is 0 Å². The molecule has 0 saturated carbocycles. The van der Waals surface area contributed by atoms with Crippen molar-refractivity contribution < 1.29 is 9.53 Å². The second kappa shape index (κ2) is 3.45. The SMILES string of the molecule is COC(=O)c1cc(=O)c2cccc3c2n1CC3. The van der Waals surface area contributed by atoms with E-state index < -0.39 is 5.97 Å². The topological polar surface area (TPSA) is 48.3 Å². The van der Waals surface area contributed by atoms with Gasteiger partial charge in [-0.25, -0.2) is 4.79 Å². The van der Waals surface area contributed by atoms with Crippen molar-refractivity contribution >= 4 is 16.9 Å². The van der Waals surface area contributed by atoms with E-state index in [0.29, 0.717) is 11.1 Å². The third-order valence-corrected chi connectivity index (χ3v) is 3.21. The number of ether oxygens (including phenoxy) is 1. The summed E-state index contributed by atoms with van der Waals surface area (Å²) in [4.78, 5) is 23.6. The molecule has 0 saturated heterocycles. The molecule has 0 unspecified atom stereocenters. The van der Waals surface area contributed by atoms with Crippen LogP contribution < -0.4 is 5.43 Å². The van der Waals surface area contributed by atoms with E-state index in [9.17, 15) is 9.59 Å². The number of benzene rings is 1. The highest BCUT2D eigenvalue weighted by Gasteiger charge is 2.21. The number of aromatic nitrogens is 1. The molecule has 1 aliphatic rings. The van der Waals surface area contributed by atoms with Gasteiger partial charge in [0.2, 0.25) is 0 Å². The van der Waals surface area contributed by atoms with Crippen molar-refractivity contribution in [2.45, 2.75) is 13.0 Å². The van der Waals surface area contributed by atoms with E-state index in [1.54, 1.807) is 6.07 Å². The molecule has 0 radical (unpaired) electrons. The lowest BCUT2D eigenvalue weighted by Crippen LogP contribution is -2.17. The third kappa shape index (κ3) is 1.30. The number of nitrogens with zero attached hydrogens (tertiary/aromatic N) is 1. The number of rotatable bonds is 1. The molecule has 2 aromatic rings. The van der Waals surface area contributed by atoms with Crippen LogP contribution in [-0.4, -0.2) is 17.6 Å². The molecular formula is C13H11NO3. The minimum absolute atomic E-state index is 0.125. The fourth-order valence-electron chi connectivity index (χ4n) is 2.45. The largest absolute Gasteiger partial charge is 0.464 e. The first-order valence-electron chi connectivity index (χ1n) is 5.46. The molecule has 0 atom stereocenters. The lowest BCUT2D eigenvalue weighted by Gasteiger charge is -2.09. The number of carbonyl (C=O) groups is 1. The normalized spacial score (nSPS) is 13.0. The van der Waals surface area contributed by atoms with Crippen LogP contribution in [0.3, 0.4) is 0 Å². The molecule has 86 valence electrons. The Bertz CT molecular complexity index is 685. The number of aryl methyl sites for hydroxylation is 2. The van der Waals surface area contributed by atoms with Crippen molar-refractivity contribution in [1.29, 1.82) is 0 Å². The zero-order chi connectivity index (χ0) is 12.0. The van der Waals surface area contributed by atoms with Crippen LogP contribution in [-0.2, 0) is 17.7 Å². The Hall–Kier alpha value is -2.10. The van der Waals surface area contributed by atoms with Gasteiger partial charge in [-0.2, -0.15) is 0 Å². The molecule has 4 nitrogen and oxygen atoms in total. The molecule has 17 heavy (non-hydrogen) atoms. The highest BCUT2D eigenvalue weighted by atomic mass is 16.5. The first kappa shape index (κ1) is 10.1. The molecular weight excluding hydrogens is 218 g/mol. The molecule has 0 N–H and O–H groups in total. The number of hydrogen-bond acceptors (Lipinski definition) is 3. The van der Waals surface area contributed by atoms with Crippen molar-refractivity contribution in [3.05, 3.63) is 45.7 Å². The second-order valence-corrected chi connectivity index (χ2v) is 4.10. The number of pyridine rings is 1. The minimum Gasteiger partial charge on any atom is -0.464 e. The average Bonchev–Trinajstić information content (AvgIpc) is 2.78. The summed E-state index contributed by atoms with van der Waals surface area (Å²) in [5, 5.41) is 0.674. The molecule has 0 fully saturated rings. The Morgan fingerprint density at radius 3 is 3.00 bits per heavy atom. The lowest BCUT2D eigenvalue weighted by atomic mass is 10.1. The summed E-state index contributed by atoms with van der Waals surface area (Å²) < 4.78 is 6.58. The van der Waals surface area contributed by atoms with Gasteiger partial charge in [0, 0.05) is 18.0 Å². The quantitative estimate of drug-likeness (QED) is 0.693. The number of para-hydroxylation sites is 1. The van der Waals surface area contributed by atoms with E-state index in [1.807, 2.05) is 16.7 Å². The van der Waals surface area contributed by atoms with Crippen molar-refractivity contribution in [1.82, 2.24) is 4.57 Å². The average molecular weight is 229 g/mol. The first-order valence-corrected chi connectivity index (χ1v) is 5.46. The van der Waals surface area contributed by atoms with Gasteiger partial charge in [-0.05, 0) is 18.1 Å². The maximum Gasteiger partial charge on any atom is 0.354 e. The van der Waals surface area contributed by atoms with E-state index in [1.165, 1.54) is 13.2 Å². The Morgan fingerprint density at radius 2 is 2.24 bits per heavy atom. The Labute approximate surface area is 97.4 Å². The molecule has 0 amide bonds. The van der Waals surface area contributed by atoms with Crippen molar-refractivity contribution in [2.24, 2.45) is 0 Å². The number of esters is 1. The summed E-state index contributed by atoms with van der Waals surface area (Å²) in [5.74, 6) is -0.458. The van der Waals surface area contributed by atoms with Crippen molar-refractivity contribution in [2.75, 3.05) is 7.11 Å². The maximum atomic E-state index is 11.9. The number of hydrogen-bond donors (Lipinski definition) is 0. The molecule has 1 aromatic heterocycles. The zero-order valence-electron chi connectivity index (χ0n) is 9.40. The van der Waals surface area contributed by atoms with Crippen LogP contribution in [0.1, 0.15) is 16.1 Å². The fourth-order valence-corrected chi connectivity index (χ4v) is 2.45. The third-order valence-electron chi connectivity index (χ3n) is 3.21. The van der Waals surface area contributed by atoms with Crippen LogP contribution in [0.25, 0.3) is 10.9 Å². The van der Waals surface area contributed by atoms with Crippen LogP contribution >= 0.6 is 0 Å². The number of methoxy groups -OCH3 is 1. The van der Waals surface area contributed by atoms with E-state index in [4.69, 9.17) is 4.74 Å². The van der Waals surface area contributed by atoms with Gasteiger partial charge in [-0.1, -0.05) is 12.1 Å². The molecule has 0 bridgehead atoms. The number of carbonyl (C=O) groups excluding carboxylic acids is 1. The Balaban J connectivity index is 2.45. The smallest absolute Gasteiger partial charge is 0.354 e. The standard InChI is InChI=1S/C13H11NO3/c1-17-13(16)10-7-11(15)9-4-2-3-8-5-6-14(10)12(8)9/h2-4,7H,5-6H2,1H3. The predicted octanol–water partition coefficient (Wildman–Crippen LogP) is 1.34.